The number of hydrogen-bond donors (Lipinski definition) is 1. The van der Waals surface area contributed by atoms with Crippen LogP contribution in [0, 0.1) is 6.92 Å². The fraction of sp³-hybridized carbons (Fsp3) is 0.308. The Morgan fingerprint density at radius 2 is 2.00 bits per heavy atom. The zero-order valence-electron chi connectivity index (χ0n) is 10.3. The summed E-state index contributed by atoms with van der Waals surface area (Å²) in [5.41, 5.74) is 6.93. The molecule has 0 aliphatic rings. The molecule has 0 aliphatic carbocycles. The summed E-state index contributed by atoms with van der Waals surface area (Å²) in [7, 11) is 0. The lowest BCUT2D eigenvalue weighted by atomic mass is 10.2. The second-order valence-corrected chi connectivity index (χ2v) is 4.30. The van der Waals surface area contributed by atoms with Crippen molar-refractivity contribution in [1.29, 1.82) is 0 Å². The number of benzene rings is 1. The van der Waals surface area contributed by atoms with Crippen LogP contribution in [-0.2, 0) is 0 Å². The number of aryl methyl sites for hydroxylation is 1. The minimum absolute atomic E-state index is 0.219. The molecule has 0 amide bonds. The molecule has 4 heteroatoms. The quantitative estimate of drug-likeness (QED) is 0.882. The topological polar surface area (TPSA) is 53.1 Å². The van der Waals surface area contributed by atoms with Crippen molar-refractivity contribution in [2.24, 2.45) is 0 Å². The smallest absolute Gasteiger partial charge is 0.303 e. The summed E-state index contributed by atoms with van der Waals surface area (Å²) in [6, 6.07) is 8.59. The fourth-order valence-corrected chi connectivity index (χ4v) is 1.72. The van der Waals surface area contributed by atoms with Crippen molar-refractivity contribution in [3.05, 3.63) is 36.0 Å². The maximum absolute atomic E-state index is 5.85. The lowest BCUT2D eigenvalue weighted by molar-refractivity contribution is 0.396. The fourth-order valence-electron chi connectivity index (χ4n) is 1.72. The Hall–Kier alpha value is -1.97. The van der Waals surface area contributed by atoms with Gasteiger partial charge in [0.1, 0.15) is 11.6 Å². The van der Waals surface area contributed by atoms with Gasteiger partial charge in [0.25, 0.3) is 0 Å². The first-order chi connectivity index (χ1) is 8.09. The van der Waals surface area contributed by atoms with E-state index in [4.69, 9.17) is 10.5 Å². The summed E-state index contributed by atoms with van der Waals surface area (Å²) in [6.45, 7) is 6.09. The van der Waals surface area contributed by atoms with Gasteiger partial charge in [-0.2, -0.15) is 0 Å². The average molecular weight is 231 g/mol. The molecule has 2 rings (SSSR count). The van der Waals surface area contributed by atoms with E-state index < -0.39 is 0 Å². The molecular formula is C13H17N3O. The first-order valence-electron chi connectivity index (χ1n) is 5.65. The maximum atomic E-state index is 5.85. The number of nitrogen functional groups attached to an aromatic ring is 1. The molecule has 1 heterocycles. The molecule has 90 valence electrons. The zero-order chi connectivity index (χ0) is 12.4. The van der Waals surface area contributed by atoms with Crippen LogP contribution in [0.2, 0.25) is 0 Å². The molecular weight excluding hydrogens is 214 g/mol. The molecule has 0 atom stereocenters. The summed E-state index contributed by atoms with van der Waals surface area (Å²) in [6.07, 6.45) is 1.62. The highest BCUT2D eigenvalue weighted by molar-refractivity contribution is 5.37. The third-order valence-corrected chi connectivity index (χ3v) is 2.60. The van der Waals surface area contributed by atoms with Gasteiger partial charge in [-0.1, -0.05) is 18.2 Å². The molecule has 1 aromatic heterocycles. The second-order valence-electron chi connectivity index (χ2n) is 4.30. The number of ether oxygens (including phenoxy) is 1. The van der Waals surface area contributed by atoms with Gasteiger partial charge in [0, 0.05) is 6.04 Å². The van der Waals surface area contributed by atoms with Crippen LogP contribution in [0.1, 0.15) is 25.5 Å². The molecule has 0 radical (unpaired) electrons. The standard InChI is InChI=1S/C13H17N3O/c1-9(2)16-12(14)8-15-13(16)17-11-7-5-4-6-10(11)3/h4-9H,14H2,1-3H3. The van der Waals surface area contributed by atoms with Crippen LogP contribution in [0.5, 0.6) is 11.8 Å². The van der Waals surface area contributed by atoms with Crippen LogP contribution in [0.15, 0.2) is 30.5 Å². The summed E-state index contributed by atoms with van der Waals surface area (Å²) in [5, 5.41) is 0. The molecule has 0 fully saturated rings. The molecule has 2 aromatic rings. The molecule has 2 N–H and O–H groups in total. The first-order valence-corrected chi connectivity index (χ1v) is 5.65. The Balaban J connectivity index is 2.34. The van der Waals surface area contributed by atoms with Crippen LogP contribution < -0.4 is 10.5 Å². The van der Waals surface area contributed by atoms with Crippen LogP contribution in [0.4, 0.5) is 5.82 Å². The van der Waals surface area contributed by atoms with Crippen molar-refractivity contribution in [2.45, 2.75) is 26.8 Å². The zero-order valence-corrected chi connectivity index (χ0v) is 10.3. The highest BCUT2D eigenvalue weighted by Gasteiger charge is 2.13. The van der Waals surface area contributed by atoms with E-state index in [-0.39, 0.29) is 6.04 Å². The van der Waals surface area contributed by atoms with E-state index in [1.165, 1.54) is 0 Å². The lowest BCUT2D eigenvalue weighted by Crippen LogP contribution is -2.07. The normalized spacial score (nSPS) is 10.8. The number of rotatable bonds is 3. The SMILES string of the molecule is Cc1ccccc1Oc1ncc(N)n1C(C)C. The summed E-state index contributed by atoms with van der Waals surface area (Å²) >= 11 is 0. The maximum Gasteiger partial charge on any atom is 0.303 e. The number of hydrogen-bond acceptors (Lipinski definition) is 3. The third kappa shape index (κ3) is 2.25. The first kappa shape index (κ1) is 11.5. The number of anilines is 1. The number of aromatic nitrogens is 2. The van der Waals surface area contributed by atoms with Crippen LogP contribution in [-0.4, -0.2) is 9.55 Å². The highest BCUT2D eigenvalue weighted by Crippen LogP contribution is 2.27. The molecule has 0 bridgehead atoms. The second kappa shape index (κ2) is 4.49. The van der Waals surface area contributed by atoms with E-state index in [2.05, 4.69) is 4.98 Å². The average Bonchev–Trinajstić information content (AvgIpc) is 2.63. The van der Waals surface area contributed by atoms with Crippen molar-refractivity contribution in [3.8, 4) is 11.8 Å². The molecule has 1 aromatic carbocycles. The van der Waals surface area contributed by atoms with Gasteiger partial charge < -0.3 is 10.5 Å². The molecule has 4 nitrogen and oxygen atoms in total. The summed E-state index contributed by atoms with van der Waals surface area (Å²) in [4.78, 5) is 4.19. The predicted octanol–water partition coefficient (Wildman–Crippen LogP) is 3.15. The van der Waals surface area contributed by atoms with E-state index in [1.807, 2.05) is 49.6 Å². The van der Waals surface area contributed by atoms with Gasteiger partial charge >= 0.3 is 6.01 Å². The predicted molar refractivity (Wildman–Crippen MR) is 68.3 cm³/mol. The van der Waals surface area contributed by atoms with E-state index in [0.29, 0.717) is 11.8 Å². The number of para-hydroxylation sites is 1. The molecule has 17 heavy (non-hydrogen) atoms. The van der Waals surface area contributed by atoms with Gasteiger partial charge in [-0.25, -0.2) is 4.98 Å². The Morgan fingerprint density at radius 1 is 1.29 bits per heavy atom. The van der Waals surface area contributed by atoms with E-state index >= 15 is 0 Å². The minimum Gasteiger partial charge on any atom is -0.425 e. The van der Waals surface area contributed by atoms with E-state index in [9.17, 15) is 0 Å². The van der Waals surface area contributed by atoms with Gasteiger partial charge in [0.15, 0.2) is 0 Å². The van der Waals surface area contributed by atoms with Crippen molar-refractivity contribution in [2.75, 3.05) is 5.73 Å². The Kier molecular flexibility index (Phi) is 3.04. The van der Waals surface area contributed by atoms with E-state index in [1.54, 1.807) is 6.20 Å². The molecule has 0 saturated carbocycles. The van der Waals surface area contributed by atoms with Gasteiger partial charge in [-0.15, -0.1) is 0 Å². The van der Waals surface area contributed by atoms with Crippen molar-refractivity contribution >= 4 is 5.82 Å². The third-order valence-electron chi connectivity index (χ3n) is 2.60. The van der Waals surface area contributed by atoms with Crippen LogP contribution in [0.25, 0.3) is 0 Å². The minimum atomic E-state index is 0.219. The molecule has 0 saturated heterocycles. The Morgan fingerprint density at radius 3 is 2.65 bits per heavy atom. The largest absolute Gasteiger partial charge is 0.425 e. The van der Waals surface area contributed by atoms with Crippen molar-refractivity contribution in [1.82, 2.24) is 9.55 Å². The van der Waals surface area contributed by atoms with Crippen molar-refractivity contribution in [3.63, 3.8) is 0 Å². The number of imidazole rings is 1. The summed E-state index contributed by atoms with van der Waals surface area (Å²) < 4.78 is 7.66. The Labute approximate surface area is 101 Å². The van der Waals surface area contributed by atoms with E-state index in [0.717, 1.165) is 11.3 Å². The van der Waals surface area contributed by atoms with Gasteiger partial charge in [0.2, 0.25) is 0 Å². The van der Waals surface area contributed by atoms with Crippen molar-refractivity contribution < 1.29 is 4.74 Å². The summed E-state index contributed by atoms with van der Waals surface area (Å²) in [5.74, 6) is 1.42. The monoisotopic (exact) mass is 231 g/mol. The van der Waals surface area contributed by atoms with Gasteiger partial charge in [-0.05, 0) is 32.4 Å². The number of nitrogens with zero attached hydrogens (tertiary/aromatic N) is 2. The Bertz CT molecular complexity index is 517. The van der Waals surface area contributed by atoms with Gasteiger partial charge in [-0.3, -0.25) is 4.57 Å². The van der Waals surface area contributed by atoms with Crippen LogP contribution >= 0.6 is 0 Å². The van der Waals surface area contributed by atoms with Crippen LogP contribution in [0.3, 0.4) is 0 Å². The molecule has 0 spiro atoms. The molecule has 0 unspecified atom stereocenters. The van der Waals surface area contributed by atoms with Gasteiger partial charge in [0.05, 0.1) is 6.20 Å². The number of nitrogens with two attached hydrogens (primary N) is 1. The lowest BCUT2D eigenvalue weighted by Gasteiger charge is -2.14. The highest BCUT2D eigenvalue weighted by atomic mass is 16.5. The molecule has 0 aliphatic heterocycles.